The fourth-order valence-electron chi connectivity index (χ4n) is 3.77. The highest BCUT2D eigenvalue weighted by Gasteiger charge is 2.45. The second kappa shape index (κ2) is 8.25. The zero-order valence-electron chi connectivity index (χ0n) is 15.0. The Balaban J connectivity index is 1.69. The van der Waals surface area contributed by atoms with Crippen LogP contribution in [0.2, 0.25) is 5.02 Å². The number of carbonyl (C=O) groups excluding carboxylic acids is 1. The normalized spacial score (nSPS) is 27.3. The Kier molecular flexibility index (Phi) is 6.22. The summed E-state index contributed by atoms with van der Waals surface area (Å²) in [7, 11) is 0. The first-order chi connectivity index (χ1) is 12.4. The quantitative estimate of drug-likeness (QED) is 0.479. The highest BCUT2D eigenvalue weighted by Crippen LogP contribution is 2.35. The smallest absolute Gasteiger partial charge is 0.255 e. The van der Waals surface area contributed by atoms with Crippen molar-refractivity contribution in [3.05, 3.63) is 22.7 Å². The van der Waals surface area contributed by atoms with Crippen LogP contribution in [0.4, 0.5) is 5.69 Å². The number of fused-ring (bicyclic) bond motifs is 3. The average molecular weight is 400 g/mol. The van der Waals surface area contributed by atoms with Crippen molar-refractivity contribution in [1.82, 2.24) is 10.2 Å². The van der Waals surface area contributed by atoms with Crippen LogP contribution in [-0.2, 0) is 0 Å². The highest BCUT2D eigenvalue weighted by atomic mass is 35.5. The first kappa shape index (κ1) is 19.6. The summed E-state index contributed by atoms with van der Waals surface area (Å²) in [5.41, 5.74) is 5.70. The number of hydrogen-bond acceptors (Lipinski definition) is 6. The van der Waals surface area contributed by atoms with E-state index in [1.807, 2.05) is 6.26 Å². The molecule has 4 N–H and O–H groups in total. The van der Waals surface area contributed by atoms with E-state index in [1.54, 1.807) is 17.8 Å². The van der Waals surface area contributed by atoms with Crippen molar-refractivity contribution in [2.24, 2.45) is 5.92 Å². The minimum atomic E-state index is -0.871. The zero-order chi connectivity index (χ0) is 18.7. The van der Waals surface area contributed by atoms with Crippen LogP contribution in [0.1, 0.15) is 23.2 Å². The molecule has 1 aromatic carbocycles. The van der Waals surface area contributed by atoms with Gasteiger partial charge >= 0.3 is 0 Å². The third-order valence-electron chi connectivity index (χ3n) is 5.29. The number of amides is 1. The minimum absolute atomic E-state index is 0.221. The number of benzene rings is 1. The molecule has 0 aliphatic carbocycles. The van der Waals surface area contributed by atoms with E-state index in [1.165, 1.54) is 6.07 Å². The monoisotopic (exact) mass is 399 g/mol. The Morgan fingerprint density at radius 3 is 2.85 bits per heavy atom. The number of piperidine rings is 3. The van der Waals surface area contributed by atoms with Crippen molar-refractivity contribution in [2.75, 3.05) is 50.5 Å². The fourth-order valence-corrected chi connectivity index (χ4v) is 4.19. The molecule has 6 nitrogen and oxygen atoms in total. The third kappa shape index (κ3) is 4.22. The molecule has 2 bridgehead atoms. The number of hydrogen-bond donors (Lipinski definition) is 3. The first-order valence-electron chi connectivity index (χ1n) is 8.86. The van der Waals surface area contributed by atoms with Gasteiger partial charge in [0.2, 0.25) is 0 Å². The Morgan fingerprint density at radius 2 is 2.23 bits per heavy atom. The largest absolute Gasteiger partial charge is 0.492 e. The topological polar surface area (TPSA) is 87.8 Å². The molecule has 1 amide bonds. The lowest BCUT2D eigenvalue weighted by Gasteiger charge is -2.50. The molecule has 144 valence electrons. The van der Waals surface area contributed by atoms with E-state index < -0.39 is 5.60 Å². The number of nitrogen functional groups attached to an aromatic ring is 1. The molecule has 0 saturated carbocycles. The maximum Gasteiger partial charge on any atom is 0.255 e. The van der Waals surface area contributed by atoms with Gasteiger partial charge in [-0.2, -0.15) is 11.8 Å². The molecule has 3 saturated heterocycles. The molecule has 0 radical (unpaired) electrons. The van der Waals surface area contributed by atoms with Crippen molar-refractivity contribution in [3.8, 4) is 5.75 Å². The summed E-state index contributed by atoms with van der Waals surface area (Å²) in [5.74, 6) is 1.15. The summed E-state index contributed by atoms with van der Waals surface area (Å²) >= 11 is 7.76. The molecule has 26 heavy (non-hydrogen) atoms. The first-order valence-corrected chi connectivity index (χ1v) is 10.6. The Bertz CT molecular complexity index is 667. The van der Waals surface area contributed by atoms with Crippen LogP contribution in [0.25, 0.3) is 0 Å². The second-order valence-corrected chi connectivity index (χ2v) is 8.44. The van der Waals surface area contributed by atoms with E-state index in [9.17, 15) is 9.90 Å². The number of rotatable bonds is 7. The van der Waals surface area contributed by atoms with Gasteiger partial charge in [0, 0.05) is 24.9 Å². The van der Waals surface area contributed by atoms with Crippen LogP contribution in [-0.4, -0.2) is 66.3 Å². The van der Waals surface area contributed by atoms with E-state index in [-0.39, 0.29) is 18.4 Å². The van der Waals surface area contributed by atoms with Gasteiger partial charge in [0.05, 0.1) is 28.5 Å². The minimum Gasteiger partial charge on any atom is -0.492 e. The van der Waals surface area contributed by atoms with Crippen molar-refractivity contribution >= 4 is 35.0 Å². The summed E-state index contributed by atoms with van der Waals surface area (Å²) in [6, 6.07) is 3.11. The van der Waals surface area contributed by atoms with Crippen LogP contribution in [0.3, 0.4) is 0 Å². The molecule has 0 spiro atoms. The van der Waals surface area contributed by atoms with Crippen molar-refractivity contribution in [1.29, 1.82) is 0 Å². The molecular weight excluding hydrogens is 374 g/mol. The van der Waals surface area contributed by atoms with E-state index in [0.717, 1.165) is 31.7 Å². The maximum absolute atomic E-state index is 12.7. The summed E-state index contributed by atoms with van der Waals surface area (Å²) in [6.07, 6.45) is 3.94. The number of nitrogens with one attached hydrogen (secondary N) is 1. The Hall–Kier alpha value is -1.15. The van der Waals surface area contributed by atoms with Gasteiger partial charge in [-0.05, 0) is 44.2 Å². The number of halogens is 1. The number of anilines is 1. The van der Waals surface area contributed by atoms with E-state index in [0.29, 0.717) is 35.2 Å². The highest BCUT2D eigenvalue weighted by molar-refractivity contribution is 7.98. The van der Waals surface area contributed by atoms with Gasteiger partial charge in [0.25, 0.3) is 5.91 Å². The maximum atomic E-state index is 12.7. The predicted octanol–water partition coefficient (Wildman–Crippen LogP) is 1.85. The van der Waals surface area contributed by atoms with Crippen molar-refractivity contribution in [3.63, 3.8) is 0 Å². The molecule has 4 rings (SSSR count). The molecule has 8 heteroatoms. The SMILES string of the molecule is CSCCOc1cc(N)c(Cl)cc1C(=O)NCC1(O)CN2CCC1CC2. The van der Waals surface area contributed by atoms with E-state index in [4.69, 9.17) is 22.1 Å². The number of carbonyl (C=O) groups is 1. The molecule has 1 aromatic rings. The van der Waals surface area contributed by atoms with Crippen LogP contribution in [0.5, 0.6) is 5.75 Å². The van der Waals surface area contributed by atoms with Crippen LogP contribution >= 0.6 is 23.4 Å². The number of ether oxygens (including phenoxy) is 1. The lowest BCUT2D eigenvalue weighted by molar-refractivity contribution is -0.108. The molecular formula is C18H26ClN3O3S. The van der Waals surface area contributed by atoms with Crippen LogP contribution in [0, 0.1) is 5.92 Å². The molecule has 3 aliphatic rings. The average Bonchev–Trinajstić information content (AvgIpc) is 2.63. The summed E-state index contributed by atoms with van der Waals surface area (Å²) in [4.78, 5) is 15.0. The lowest BCUT2D eigenvalue weighted by atomic mass is 9.75. The second-order valence-electron chi connectivity index (χ2n) is 7.05. The van der Waals surface area contributed by atoms with Gasteiger partial charge in [0.1, 0.15) is 5.75 Å². The van der Waals surface area contributed by atoms with Gasteiger partial charge in [-0.25, -0.2) is 0 Å². The molecule has 1 unspecified atom stereocenters. The molecule has 3 heterocycles. The summed E-state index contributed by atoms with van der Waals surface area (Å²) in [6.45, 7) is 3.37. The third-order valence-corrected chi connectivity index (χ3v) is 6.19. The van der Waals surface area contributed by atoms with Gasteiger partial charge in [-0.15, -0.1) is 0 Å². The van der Waals surface area contributed by atoms with Crippen LogP contribution in [0.15, 0.2) is 12.1 Å². The fraction of sp³-hybridized carbons (Fsp3) is 0.611. The van der Waals surface area contributed by atoms with Crippen molar-refractivity contribution < 1.29 is 14.6 Å². The van der Waals surface area contributed by atoms with Crippen molar-refractivity contribution in [2.45, 2.75) is 18.4 Å². The van der Waals surface area contributed by atoms with Gasteiger partial charge in [0.15, 0.2) is 0 Å². The Labute approximate surface area is 163 Å². The molecule has 1 atom stereocenters. The van der Waals surface area contributed by atoms with E-state index >= 15 is 0 Å². The molecule has 0 aromatic heterocycles. The summed E-state index contributed by atoms with van der Waals surface area (Å²) in [5, 5.41) is 14.1. The number of thioether (sulfide) groups is 1. The summed E-state index contributed by atoms with van der Waals surface area (Å²) < 4.78 is 5.71. The zero-order valence-corrected chi connectivity index (χ0v) is 16.5. The standard InChI is InChI=1S/C18H26ClN3O3S/c1-26-7-6-25-16-9-15(20)14(19)8-13(16)17(23)21-10-18(24)11-22-4-2-12(18)3-5-22/h8-9,12,24H,2-7,10-11,20H2,1H3,(H,21,23). The number of nitrogens with zero attached hydrogens (tertiary/aromatic N) is 1. The van der Waals surface area contributed by atoms with Gasteiger partial charge < -0.3 is 25.8 Å². The number of nitrogens with two attached hydrogens (primary N) is 1. The number of aliphatic hydroxyl groups is 1. The predicted molar refractivity (Wildman–Crippen MR) is 106 cm³/mol. The Morgan fingerprint density at radius 1 is 1.50 bits per heavy atom. The van der Waals surface area contributed by atoms with E-state index in [2.05, 4.69) is 10.2 Å². The lowest BCUT2D eigenvalue weighted by Crippen LogP contribution is -2.63. The van der Waals surface area contributed by atoms with Gasteiger partial charge in [-0.1, -0.05) is 11.6 Å². The van der Waals surface area contributed by atoms with Gasteiger partial charge in [-0.3, -0.25) is 4.79 Å². The van der Waals surface area contributed by atoms with Crippen LogP contribution < -0.4 is 15.8 Å². The molecule has 3 aliphatic heterocycles. The molecule has 3 fully saturated rings.